The molecule has 5 nitrogen and oxygen atoms in total. The number of hydrogen-bond donors (Lipinski definition) is 3. The minimum absolute atomic E-state index is 0.110. The maximum Gasteiger partial charge on any atom is 0.308 e. The summed E-state index contributed by atoms with van der Waals surface area (Å²) in [5.74, 6) is -1.83. The number of nitrogens with one attached hydrogen (secondary N) is 1. The first-order valence-electron chi connectivity index (χ1n) is 4.87. The van der Waals surface area contributed by atoms with E-state index in [0.29, 0.717) is 11.3 Å². The molecule has 0 fully saturated rings. The summed E-state index contributed by atoms with van der Waals surface area (Å²) >= 11 is 0. The number of carbonyl (C=O) groups is 2. The first-order valence-corrected chi connectivity index (χ1v) is 4.87. The Hall–Kier alpha value is -2.04. The van der Waals surface area contributed by atoms with E-state index in [1.165, 1.54) is 6.92 Å². The third-order valence-electron chi connectivity index (χ3n) is 2.16. The van der Waals surface area contributed by atoms with Crippen LogP contribution in [0.2, 0.25) is 0 Å². The zero-order valence-corrected chi connectivity index (χ0v) is 8.93. The summed E-state index contributed by atoms with van der Waals surface area (Å²) in [6.45, 7) is 1.64. The van der Waals surface area contributed by atoms with Gasteiger partial charge in [0.25, 0.3) is 5.91 Å². The van der Waals surface area contributed by atoms with E-state index in [-0.39, 0.29) is 12.5 Å². The summed E-state index contributed by atoms with van der Waals surface area (Å²) < 4.78 is 0. The van der Waals surface area contributed by atoms with E-state index < -0.39 is 11.9 Å². The molecule has 0 aliphatic heterocycles. The standard InChI is InChI=1S/C11H14N2O3/c1-7(11(15)16)6-13-10(14)8-2-4-9(12)5-3-8/h2-5,7H,6,12H2,1H3,(H,13,14)(H,15,16). The molecule has 0 aliphatic rings. The Bertz CT molecular complexity index is 387. The van der Waals surface area contributed by atoms with Gasteiger partial charge in [-0.3, -0.25) is 9.59 Å². The van der Waals surface area contributed by atoms with Crippen molar-refractivity contribution in [2.24, 2.45) is 5.92 Å². The van der Waals surface area contributed by atoms with Crippen molar-refractivity contribution in [2.75, 3.05) is 12.3 Å². The zero-order valence-electron chi connectivity index (χ0n) is 8.93. The molecule has 0 bridgehead atoms. The molecule has 0 aromatic heterocycles. The highest BCUT2D eigenvalue weighted by molar-refractivity contribution is 5.94. The molecule has 0 saturated carbocycles. The number of rotatable bonds is 4. The lowest BCUT2D eigenvalue weighted by Crippen LogP contribution is -2.31. The Morgan fingerprint density at radius 2 is 1.94 bits per heavy atom. The Balaban J connectivity index is 2.53. The number of carboxylic acids is 1. The van der Waals surface area contributed by atoms with E-state index in [0.717, 1.165) is 0 Å². The number of nitrogens with two attached hydrogens (primary N) is 1. The van der Waals surface area contributed by atoms with Crippen LogP contribution < -0.4 is 11.1 Å². The van der Waals surface area contributed by atoms with Crippen LogP contribution in [0.5, 0.6) is 0 Å². The molecule has 5 heteroatoms. The maximum atomic E-state index is 11.5. The van der Waals surface area contributed by atoms with Crippen molar-refractivity contribution in [1.29, 1.82) is 0 Å². The van der Waals surface area contributed by atoms with Crippen molar-refractivity contribution in [1.82, 2.24) is 5.32 Å². The Morgan fingerprint density at radius 3 is 2.44 bits per heavy atom. The monoisotopic (exact) mass is 222 g/mol. The Kier molecular flexibility index (Phi) is 3.88. The van der Waals surface area contributed by atoms with Gasteiger partial charge in [-0.1, -0.05) is 6.92 Å². The Labute approximate surface area is 93.3 Å². The quantitative estimate of drug-likeness (QED) is 0.654. The normalized spacial score (nSPS) is 11.8. The van der Waals surface area contributed by atoms with Crippen LogP contribution in [0.25, 0.3) is 0 Å². The van der Waals surface area contributed by atoms with Crippen LogP contribution in [0.3, 0.4) is 0 Å². The van der Waals surface area contributed by atoms with Gasteiger partial charge in [-0.15, -0.1) is 0 Å². The molecular weight excluding hydrogens is 208 g/mol. The predicted molar refractivity (Wildman–Crippen MR) is 60.0 cm³/mol. The molecule has 86 valence electrons. The molecule has 1 aromatic carbocycles. The van der Waals surface area contributed by atoms with Crippen LogP contribution in [0.1, 0.15) is 17.3 Å². The van der Waals surface area contributed by atoms with Gasteiger partial charge in [0.1, 0.15) is 0 Å². The summed E-state index contributed by atoms with van der Waals surface area (Å²) in [5, 5.41) is 11.2. The number of carbonyl (C=O) groups excluding carboxylic acids is 1. The van der Waals surface area contributed by atoms with Crippen molar-refractivity contribution < 1.29 is 14.7 Å². The number of amides is 1. The number of nitrogen functional groups attached to an aromatic ring is 1. The van der Waals surface area contributed by atoms with E-state index in [2.05, 4.69) is 5.32 Å². The van der Waals surface area contributed by atoms with Gasteiger partial charge in [0, 0.05) is 17.8 Å². The molecule has 0 radical (unpaired) electrons. The predicted octanol–water partition coefficient (Wildman–Crippen LogP) is 0.719. The van der Waals surface area contributed by atoms with Crippen LogP contribution in [0.15, 0.2) is 24.3 Å². The molecule has 1 unspecified atom stereocenters. The van der Waals surface area contributed by atoms with Crippen LogP contribution in [0.4, 0.5) is 5.69 Å². The third kappa shape index (κ3) is 3.27. The zero-order chi connectivity index (χ0) is 12.1. The van der Waals surface area contributed by atoms with Gasteiger partial charge in [-0.25, -0.2) is 0 Å². The van der Waals surface area contributed by atoms with E-state index in [4.69, 9.17) is 10.8 Å². The molecule has 4 N–H and O–H groups in total. The average Bonchev–Trinajstić information content (AvgIpc) is 2.26. The molecule has 1 atom stereocenters. The first-order chi connectivity index (χ1) is 7.50. The fourth-order valence-corrected chi connectivity index (χ4v) is 1.07. The molecule has 0 heterocycles. The van der Waals surface area contributed by atoms with Gasteiger partial charge < -0.3 is 16.2 Å². The number of benzene rings is 1. The summed E-state index contributed by atoms with van der Waals surface area (Å²) in [5.41, 5.74) is 6.52. The summed E-state index contributed by atoms with van der Waals surface area (Å²) in [7, 11) is 0. The molecule has 16 heavy (non-hydrogen) atoms. The van der Waals surface area contributed by atoms with Crippen molar-refractivity contribution in [3.63, 3.8) is 0 Å². The van der Waals surface area contributed by atoms with Crippen molar-refractivity contribution in [3.05, 3.63) is 29.8 Å². The highest BCUT2D eigenvalue weighted by Gasteiger charge is 2.12. The van der Waals surface area contributed by atoms with E-state index >= 15 is 0 Å². The highest BCUT2D eigenvalue weighted by atomic mass is 16.4. The van der Waals surface area contributed by atoms with Crippen molar-refractivity contribution in [2.45, 2.75) is 6.92 Å². The van der Waals surface area contributed by atoms with Gasteiger partial charge in [-0.2, -0.15) is 0 Å². The lowest BCUT2D eigenvalue weighted by atomic mass is 10.1. The van der Waals surface area contributed by atoms with Gasteiger partial charge in [-0.05, 0) is 24.3 Å². The summed E-state index contributed by atoms with van der Waals surface area (Å²) in [6, 6.07) is 6.43. The minimum Gasteiger partial charge on any atom is -0.481 e. The average molecular weight is 222 g/mol. The first kappa shape index (κ1) is 12.0. The van der Waals surface area contributed by atoms with Crippen LogP contribution >= 0.6 is 0 Å². The summed E-state index contributed by atoms with van der Waals surface area (Å²) in [6.07, 6.45) is 0. The van der Waals surface area contributed by atoms with Crippen molar-refractivity contribution >= 4 is 17.6 Å². The van der Waals surface area contributed by atoms with Crippen LogP contribution in [-0.2, 0) is 4.79 Å². The second-order valence-electron chi connectivity index (χ2n) is 3.57. The van der Waals surface area contributed by atoms with Crippen LogP contribution in [0, 0.1) is 5.92 Å². The Morgan fingerprint density at radius 1 is 1.38 bits per heavy atom. The number of aliphatic carboxylic acids is 1. The topological polar surface area (TPSA) is 92.4 Å². The number of hydrogen-bond acceptors (Lipinski definition) is 3. The molecule has 0 saturated heterocycles. The van der Waals surface area contributed by atoms with Gasteiger partial charge >= 0.3 is 5.97 Å². The second-order valence-corrected chi connectivity index (χ2v) is 3.57. The van der Waals surface area contributed by atoms with Gasteiger partial charge in [0.15, 0.2) is 0 Å². The van der Waals surface area contributed by atoms with Crippen LogP contribution in [-0.4, -0.2) is 23.5 Å². The number of anilines is 1. The molecule has 0 aliphatic carbocycles. The molecular formula is C11H14N2O3. The SMILES string of the molecule is CC(CNC(=O)c1ccc(N)cc1)C(=O)O. The fraction of sp³-hybridized carbons (Fsp3) is 0.273. The third-order valence-corrected chi connectivity index (χ3v) is 2.16. The fourth-order valence-electron chi connectivity index (χ4n) is 1.07. The van der Waals surface area contributed by atoms with E-state index in [1.807, 2.05) is 0 Å². The molecule has 0 spiro atoms. The van der Waals surface area contributed by atoms with E-state index in [1.54, 1.807) is 24.3 Å². The van der Waals surface area contributed by atoms with Gasteiger partial charge in [0.05, 0.1) is 5.92 Å². The largest absolute Gasteiger partial charge is 0.481 e. The molecule has 1 rings (SSSR count). The van der Waals surface area contributed by atoms with Crippen molar-refractivity contribution in [3.8, 4) is 0 Å². The second kappa shape index (κ2) is 5.16. The molecule has 1 aromatic rings. The highest BCUT2D eigenvalue weighted by Crippen LogP contribution is 2.05. The smallest absolute Gasteiger partial charge is 0.308 e. The lowest BCUT2D eigenvalue weighted by molar-refractivity contribution is -0.140. The summed E-state index contributed by atoms with van der Waals surface area (Å²) in [4.78, 5) is 22.1. The van der Waals surface area contributed by atoms with Gasteiger partial charge in [0.2, 0.25) is 0 Å². The van der Waals surface area contributed by atoms with E-state index in [9.17, 15) is 9.59 Å². The maximum absolute atomic E-state index is 11.5. The molecule has 1 amide bonds. The number of carboxylic acid groups (broad SMARTS) is 1. The minimum atomic E-state index is -0.933. The lowest BCUT2D eigenvalue weighted by Gasteiger charge is -2.08.